The van der Waals surface area contributed by atoms with E-state index >= 15 is 0 Å². The Morgan fingerprint density at radius 3 is 1.93 bits per heavy atom. The van der Waals surface area contributed by atoms with Crippen LogP contribution in [-0.4, -0.2) is 43.6 Å². The number of aromatic carboxylic acids is 1. The average molecular weight is 694 g/mol. The summed E-state index contributed by atoms with van der Waals surface area (Å²) in [7, 11) is 0. The highest BCUT2D eigenvalue weighted by Crippen LogP contribution is 2.40. The maximum absolute atomic E-state index is 13.7. The van der Waals surface area contributed by atoms with Crippen LogP contribution in [0.25, 0.3) is 17.3 Å². The summed E-state index contributed by atoms with van der Waals surface area (Å²) >= 11 is 5.77. The molecule has 0 radical (unpaired) electrons. The van der Waals surface area contributed by atoms with Crippen LogP contribution in [0.1, 0.15) is 39.2 Å². The van der Waals surface area contributed by atoms with Gasteiger partial charge in [0.15, 0.2) is 0 Å². The average Bonchev–Trinajstić information content (AvgIpc) is 3.21. The number of hydrogen-bond donors (Lipinski definition) is 2. The minimum absolute atomic E-state index is 0.0226. The van der Waals surface area contributed by atoms with E-state index in [0.717, 1.165) is 11.0 Å². The summed E-state index contributed by atoms with van der Waals surface area (Å²) in [6.45, 7) is -0.271. The van der Waals surface area contributed by atoms with Crippen LogP contribution in [0.2, 0.25) is 0 Å². The summed E-state index contributed by atoms with van der Waals surface area (Å²) in [5, 5.41) is 11.4. The molecule has 3 aromatic rings. The maximum Gasteiger partial charge on any atom is 0.416 e. The van der Waals surface area contributed by atoms with Gasteiger partial charge in [0.2, 0.25) is 5.91 Å². The van der Waals surface area contributed by atoms with Gasteiger partial charge in [0.05, 0.1) is 38.5 Å². The minimum atomic E-state index is -5.27. The van der Waals surface area contributed by atoms with Crippen LogP contribution in [0, 0.1) is 0 Å². The van der Waals surface area contributed by atoms with E-state index in [4.69, 9.17) is 17.3 Å². The second kappa shape index (κ2) is 12.7. The molecule has 7 nitrogen and oxygen atoms in total. The summed E-state index contributed by atoms with van der Waals surface area (Å²) in [5.74, 6) is -2.61. The molecular weight excluding hydrogens is 677 g/mol. The van der Waals surface area contributed by atoms with Crippen molar-refractivity contribution >= 4 is 57.8 Å². The lowest BCUT2D eigenvalue weighted by atomic mass is 10.0. The molecule has 2 heterocycles. The number of carbonyl (C=O) groups excluding carboxylic acids is 2. The number of aromatic nitrogens is 1. The van der Waals surface area contributed by atoms with Crippen LogP contribution >= 0.6 is 24.0 Å². The van der Waals surface area contributed by atoms with Crippen molar-refractivity contribution in [3.8, 4) is 11.3 Å². The predicted octanol–water partition coefficient (Wildman–Crippen LogP) is 7.73. The standard InChI is InChI=1S/C28H16F9N3O4S2/c29-26(30,31)15-7-14(8-16(9-15)27(32,33)34)20-11-17(28(35,36)37)10-19(38-20)12-21-23(42)40(25(45)46-21)6-5-22(41)39-18-3-1-13(2-4-18)24(43)44/h1-4,7-12H,5-6H2,(H,39,41)(H,43,44). The van der Waals surface area contributed by atoms with E-state index in [2.05, 4.69) is 10.3 Å². The molecule has 0 saturated carbocycles. The molecule has 0 bridgehead atoms. The topological polar surface area (TPSA) is 99.6 Å². The zero-order chi connectivity index (χ0) is 34.2. The highest BCUT2D eigenvalue weighted by molar-refractivity contribution is 8.26. The number of halogens is 9. The zero-order valence-corrected chi connectivity index (χ0v) is 24.1. The summed E-state index contributed by atoms with van der Waals surface area (Å²) < 4.78 is 121. The van der Waals surface area contributed by atoms with Gasteiger partial charge in [-0.3, -0.25) is 14.5 Å². The van der Waals surface area contributed by atoms with Gasteiger partial charge in [0, 0.05) is 24.2 Å². The zero-order valence-electron chi connectivity index (χ0n) is 22.5. The molecule has 1 aliphatic rings. The first-order valence-corrected chi connectivity index (χ1v) is 13.7. The first kappa shape index (κ1) is 34.4. The third kappa shape index (κ3) is 8.22. The van der Waals surface area contributed by atoms with E-state index in [1.165, 1.54) is 24.3 Å². The lowest BCUT2D eigenvalue weighted by molar-refractivity contribution is -0.143. The van der Waals surface area contributed by atoms with Gasteiger partial charge < -0.3 is 10.4 Å². The molecule has 1 aliphatic heterocycles. The first-order valence-electron chi connectivity index (χ1n) is 12.5. The van der Waals surface area contributed by atoms with Crippen molar-refractivity contribution in [2.45, 2.75) is 24.9 Å². The smallest absolute Gasteiger partial charge is 0.416 e. The number of rotatable bonds is 7. The normalized spacial score (nSPS) is 15.1. The molecule has 46 heavy (non-hydrogen) atoms. The molecule has 2 amide bonds. The lowest BCUT2D eigenvalue weighted by Gasteiger charge is -2.15. The summed E-state index contributed by atoms with van der Waals surface area (Å²) in [4.78, 5) is 40.8. The Bertz CT molecular complexity index is 1720. The number of thioether (sulfide) groups is 1. The number of pyridine rings is 1. The highest BCUT2D eigenvalue weighted by atomic mass is 32.2. The number of benzene rings is 2. The Morgan fingerprint density at radius 1 is 0.870 bits per heavy atom. The fraction of sp³-hybridized carbons (Fsp3) is 0.179. The summed E-state index contributed by atoms with van der Waals surface area (Å²) in [5.41, 5.74) is -7.14. The Kier molecular flexibility index (Phi) is 9.54. The van der Waals surface area contributed by atoms with Gasteiger partial charge in [-0.2, -0.15) is 39.5 Å². The van der Waals surface area contributed by atoms with Crippen LogP contribution in [0.4, 0.5) is 45.2 Å². The highest BCUT2D eigenvalue weighted by Gasteiger charge is 2.38. The number of amides is 2. The molecule has 1 fully saturated rings. The molecule has 1 aromatic heterocycles. The molecular formula is C28H16F9N3O4S2. The van der Waals surface area contributed by atoms with Crippen molar-refractivity contribution < 1.29 is 59.0 Å². The predicted molar refractivity (Wildman–Crippen MR) is 151 cm³/mol. The Hall–Kier alpha value is -4.45. The Balaban J connectivity index is 1.61. The second-order valence-corrected chi connectivity index (χ2v) is 11.1. The van der Waals surface area contributed by atoms with E-state index in [1.54, 1.807) is 0 Å². The van der Waals surface area contributed by atoms with E-state index in [1.807, 2.05) is 0 Å². The molecule has 2 aromatic carbocycles. The van der Waals surface area contributed by atoms with Crippen molar-refractivity contribution in [3.63, 3.8) is 0 Å². The van der Waals surface area contributed by atoms with Gasteiger partial charge in [-0.05, 0) is 60.7 Å². The SMILES string of the molecule is O=C(CCN1C(=O)C(=Cc2cc(C(F)(F)F)cc(-c3cc(C(F)(F)F)cc(C(F)(F)F)c3)n2)SC1=S)Nc1ccc(C(=O)O)cc1. The van der Waals surface area contributed by atoms with Crippen LogP contribution in [-0.2, 0) is 28.1 Å². The van der Waals surface area contributed by atoms with Gasteiger partial charge in [0.25, 0.3) is 5.91 Å². The van der Waals surface area contributed by atoms with Gasteiger partial charge in [-0.15, -0.1) is 0 Å². The van der Waals surface area contributed by atoms with Crippen molar-refractivity contribution in [1.82, 2.24) is 9.88 Å². The van der Waals surface area contributed by atoms with Gasteiger partial charge in [-0.1, -0.05) is 24.0 Å². The number of carboxylic acid groups (broad SMARTS) is 1. The van der Waals surface area contributed by atoms with Crippen LogP contribution in [0.5, 0.6) is 0 Å². The third-order valence-electron chi connectivity index (χ3n) is 6.19. The molecule has 4 rings (SSSR count). The molecule has 2 N–H and O–H groups in total. The van der Waals surface area contributed by atoms with Crippen molar-refractivity contribution in [2.24, 2.45) is 0 Å². The van der Waals surface area contributed by atoms with Gasteiger partial charge in [-0.25, -0.2) is 9.78 Å². The van der Waals surface area contributed by atoms with Gasteiger partial charge in [0.1, 0.15) is 4.32 Å². The van der Waals surface area contributed by atoms with E-state index < -0.39 is 70.0 Å². The molecule has 0 unspecified atom stereocenters. The Morgan fingerprint density at radius 2 is 1.41 bits per heavy atom. The van der Waals surface area contributed by atoms with E-state index in [9.17, 15) is 53.9 Å². The fourth-order valence-electron chi connectivity index (χ4n) is 4.00. The molecule has 0 atom stereocenters. The molecule has 1 saturated heterocycles. The number of alkyl halides is 9. The maximum atomic E-state index is 13.7. The quantitative estimate of drug-likeness (QED) is 0.149. The molecule has 242 valence electrons. The number of thiocarbonyl (C=S) groups is 1. The summed E-state index contributed by atoms with van der Waals surface area (Å²) in [6, 6.07) is 6.19. The largest absolute Gasteiger partial charge is 0.478 e. The first-order chi connectivity index (χ1) is 21.2. The minimum Gasteiger partial charge on any atom is -0.478 e. The number of hydrogen-bond acceptors (Lipinski definition) is 6. The molecule has 18 heteroatoms. The van der Waals surface area contributed by atoms with Crippen molar-refractivity contribution in [2.75, 3.05) is 11.9 Å². The van der Waals surface area contributed by atoms with Crippen molar-refractivity contribution in [1.29, 1.82) is 0 Å². The number of anilines is 1. The van der Waals surface area contributed by atoms with E-state index in [0.29, 0.717) is 17.8 Å². The van der Waals surface area contributed by atoms with Crippen LogP contribution in [0.15, 0.2) is 59.5 Å². The van der Waals surface area contributed by atoms with Crippen LogP contribution < -0.4 is 5.32 Å². The summed E-state index contributed by atoms with van der Waals surface area (Å²) in [6.07, 6.45) is -15.1. The molecule has 0 spiro atoms. The van der Waals surface area contributed by atoms with Crippen LogP contribution in [0.3, 0.4) is 0 Å². The van der Waals surface area contributed by atoms with Gasteiger partial charge >= 0.3 is 24.5 Å². The fourth-order valence-corrected chi connectivity index (χ4v) is 5.29. The number of nitrogens with one attached hydrogen (secondary N) is 1. The molecule has 0 aliphatic carbocycles. The second-order valence-electron chi connectivity index (χ2n) is 9.47. The number of carboxylic acids is 1. The lowest BCUT2D eigenvalue weighted by Crippen LogP contribution is -2.31. The van der Waals surface area contributed by atoms with E-state index in [-0.39, 0.29) is 57.7 Å². The Labute approximate surface area is 262 Å². The van der Waals surface area contributed by atoms with Crippen molar-refractivity contribution in [3.05, 3.63) is 87.5 Å². The number of carbonyl (C=O) groups is 3. The third-order valence-corrected chi connectivity index (χ3v) is 7.56. The monoisotopic (exact) mass is 693 g/mol. The number of nitrogens with zero attached hydrogens (tertiary/aromatic N) is 2.